The second-order valence-electron chi connectivity index (χ2n) is 3.32. The van der Waals surface area contributed by atoms with Gasteiger partial charge in [0, 0.05) is 14.0 Å². The summed E-state index contributed by atoms with van der Waals surface area (Å²) in [5.74, 6) is -0.106. The highest BCUT2D eigenvalue weighted by atomic mass is 16.6. The Hall–Kier alpha value is -2.04. The van der Waals surface area contributed by atoms with Crippen molar-refractivity contribution in [2.75, 3.05) is 18.6 Å². The predicted molar refractivity (Wildman–Crippen MR) is 63.2 cm³/mol. The summed E-state index contributed by atoms with van der Waals surface area (Å²) in [5, 5.41) is 0. The summed E-state index contributed by atoms with van der Waals surface area (Å²) in [4.78, 5) is 23.8. The summed E-state index contributed by atoms with van der Waals surface area (Å²) in [6, 6.07) is 6.76. The van der Waals surface area contributed by atoms with E-state index in [9.17, 15) is 9.59 Å². The molecule has 0 spiro atoms. The molecule has 17 heavy (non-hydrogen) atoms. The van der Waals surface area contributed by atoms with Crippen molar-refractivity contribution in [1.29, 1.82) is 0 Å². The van der Waals surface area contributed by atoms with E-state index in [0.29, 0.717) is 18.0 Å². The molecule has 0 aliphatic carbocycles. The number of hydrogen-bond donors (Lipinski definition) is 0. The topological polar surface area (TPSA) is 55.8 Å². The van der Waals surface area contributed by atoms with Gasteiger partial charge in [-0.2, -0.15) is 0 Å². The third-order valence-electron chi connectivity index (χ3n) is 2.02. The first kappa shape index (κ1) is 13.0. The molecule has 5 heteroatoms. The highest BCUT2D eigenvalue weighted by molar-refractivity contribution is 5.89. The fraction of sp³-hybridized carbons (Fsp3) is 0.333. The molecule has 0 bridgehead atoms. The number of nitrogens with zero attached hydrogens (tertiary/aromatic N) is 1. The van der Waals surface area contributed by atoms with Crippen LogP contribution < -0.4 is 9.64 Å². The van der Waals surface area contributed by atoms with E-state index in [1.807, 2.05) is 0 Å². The highest BCUT2D eigenvalue weighted by Crippen LogP contribution is 2.27. The van der Waals surface area contributed by atoms with Gasteiger partial charge in [0.25, 0.3) is 0 Å². The second kappa shape index (κ2) is 5.89. The lowest BCUT2D eigenvalue weighted by Crippen LogP contribution is -2.27. The van der Waals surface area contributed by atoms with Crippen LogP contribution in [0.3, 0.4) is 0 Å². The molecular weight excluding hydrogens is 222 g/mol. The quantitative estimate of drug-likeness (QED) is 0.597. The normalized spacial score (nSPS) is 9.59. The van der Waals surface area contributed by atoms with Gasteiger partial charge in [0.05, 0.1) is 12.3 Å². The molecule has 92 valence electrons. The Bertz CT molecular complexity index is 417. The lowest BCUT2D eigenvalue weighted by atomic mass is 10.3. The van der Waals surface area contributed by atoms with E-state index in [1.165, 1.54) is 11.8 Å². The van der Waals surface area contributed by atoms with Gasteiger partial charge in [-0.05, 0) is 19.1 Å². The van der Waals surface area contributed by atoms with Gasteiger partial charge in [0.15, 0.2) is 5.75 Å². The first-order valence-electron chi connectivity index (χ1n) is 5.24. The van der Waals surface area contributed by atoms with E-state index >= 15 is 0 Å². The molecule has 0 aliphatic heterocycles. The van der Waals surface area contributed by atoms with Gasteiger partial charge < -0.3 is 9.47 Å². The van der Waals surface area contributed by atoms with E-state index in [-0.39, 0.29) is 0 Å². The molecule has 0 aliphatic rings. The predicted octanol–water partition coefficient (Wildman–Crippen LogP) is 2.20. The van der Waals surface area contributed by atoms with Gasteiger partial charge in [-0.1, -0.05) is 12.1 Å². The van der Waals surface area contributed by atoms with Gasteiger partial charge in [-0.15, -0.1) is 0 Å². The number of benzene rings is 1. The number of ether oxygens (including phenoxy) is 2. The highest BCUT2D eigenvalue weighted by Gasteiger charge is 2.16. The Morgan fingerprint density at radius 3 is 2.53 bits per heavy atom. The van der Waals surface area contributed by atoms with Crippen LogP contribution in [-0.2, 0) is 9.53 Å². The van der Waals surface area contributed by atoms with Gasteiger partial charge in [-0.3, -0.25) is 9.69 Å². The molecule has 0 unspecified atom stereocenters. The van der Waals surface area contributed by atoms with Gasteiger partial charge in [-0.25, -0.2) is 4.79 Å². The third kappa shape index (κ3) is 3.48. The van der Waals surface area contributed by atoms with Crippen LogP contribution in [0.2, 0.25) is 0 Å². The van der Waals surface area contributed by atoms with E-state index in [1.54, 1.807) is 38.2 Å². The maximum absolute atomic E-state index is 11.5. The lowest BCUT2D eigenvalue weighted by molar-refractivity contribution is -0.131. The van der Waals surface area contributed by atoms with Crippen LogP contribution in [0, 0.1) is 0 Å². The SMILES string of the molecule is CCOC(=O)N(C)c1ccccc1OC(C)=O. The zero-order chi connectivity index (χ0) is 12.8. The van der Waals surface area contributed by atoms with Gasteiger partial charge in [0.2, 0.25) is 0 Å². The van der Waals surface area contributed by atoms with Crippen molar-refractivity contribution >= 4 is 17.7 Å². The standard InChI is InChI=1S/C12H15NO4/c1-4-16-12(15)13(3)10-7-5-6-8-11(10)17-9(2)14/h5-8H,4H2,1-3H3. The van der Waals surface area contributed by atoms with Crippen molar-refractivity contribution in [3.8, 4) is 5.75 Å². The molecule has 1 aromatic carbocycles. The average molecular weight is 237 g/mol. The maximum Gasteiger partial charge on any atom is 0.414 e. The Kier molecular flexibility index (Phi) is 4.51. The van der Waals surface area contributed by atoms with Crippen molar-refractivity contribution in [2.45, 2.75) is 13.8 Å². The average Bonchev–Trinajstić information content (AvgIpc) is 2.28. The monoisotopic (exact) mass is 237 g/mol. The fourth-order valence-corrected chi connectivity index (χ4v) is 1.29. The number of rotatable bonds is 3. The van der Waals surface area contributed by atoms with Crippen LogP contribution in [-0.4, -0.2) is 25.7 Å². The molecule has 0 saturated carbocycles. The summed E-state index contributed by atoms with van der Waals surface area (Å²) < 4.78 is 9.87. The fourth-order valence-electron chi connectivity index (χ4n) is 1.29. The van der Waals surface area contributed by atoms with Crippen LogP contribution in [0.15, 0.2) is 24.3 Å². The molecule has 1 aromatic rings. The van der Waals surface area contributed by atoms with Crippen molar-refractivity contribution in [2.24, 2.45) is 0 Å². The van der Waals surface area contributed by atoms with E-state index in [4.69, 9.17) is 9.47 Å². The third-order valence-corrected chi connectivity index (χ3v) is 2.02. The summed E-state index contributed by atoms with van der Waals surface area (Å²) >= 11 is 0. The molecule has 0 saturated heterocycles. The Morgan fingerprint density at radius 1 is 1.29 bits per heavy atom. The summed E-state index contributed by atoms with van der Waals surface area (Å²) in [6.07, 6.45) is -0.493. The Labute approximate surface area is 99.9 Å². The molecule has 0 fully saturated rings. The summed E-state index contributed by atoms with van der Waals surface area (Å²) in [5.41, 5.74) is 0.487. The number of hydrogen-bond acceptors (Lipinski definition) is 4. The number of para-hydroxylation sites is 2. The van der Waals surface area contributed by atoms with Crippen LogP contribution in [0.1, 0.15) is 13.8 Å². The van der Waals surface area contributed by atoms with Gasteiger partial charge >= 0.3 is 12.1 Å². The van der Waals surface area contributed by atoms with Crippen molar-refractivity contribution in [3.63, 3.8) is 0 Å². The van der Waals surface area contributed by atoms with Crippen LogP contribution in [0.4, 0.5) is 10.5 Å². The number of amides is 1. The van der Waals surface area contributed by atoms with Crippen molar-refractivity contribution in [3.05, 3.63) is 24.3 Å². The molecule has 0 aromatic heterocycles. The molecular formula is C12H15NO4. The summed E-state index contributed by atoms with van der Waals surface area (Å²) in [7, 11) is 1.56. The Morgan fingerprint density at radius 2 is 1.94 bits per heavy atom. The van der Waals surface area contributed by atoms with E-state index in [0.717, 1.165) is 0 Å². The second-order valence-corrected chi connectivity index (χ2v) is 3.32. The maximum atomic E-state index is 11.5. The molecule has 1 amide bonds. The zero-order valence-corrected chi connectivity index (χ0v) is 10.1. The molecule has 0 heterocycles. The minimum Gasteiger partial charge on any atom is -0.449 e. The molecule has 1 rings (SSSR count). The lowest BCUT2D eigenvalue weighted by Gasteiger charge is -2.18. The smallest absolute Gasteiger partial charge is 0.414 e. The first-order chi connectivity index (χ1) is 8.06. The number of carbonyl (C=O) groups is 2. The molecule has 0 atom stereocenters. The minimum absolute atomic E-state index is 0.291. The summed E-state index contributed by atoms with van der Waals surface area (Å²) in [6.45, 7) is 3.32. The van der Waals surface area contributed by atoms with Crippen LogP contribution in [0.5, 0.6) is 5.75 Å². The minimum atomic E-state index is -0.493. The number of anilines is 1. The molecule has 0 radical (unpaired) electrons. The zero-order valence-electron chi connectivity index (χ0n) is 10.1. The van der Waals surface area contributed by atoms with Crippen LogP contribution in [0.25, 0.3) is 0 Å². The van der Waals surface area contributed by atoms with Crippen molar-refractivity contribution < 1.29 is 19.1 Å². The number of esters is 1. The van der Waals surface area contributed by atoms with Crippen LogP contribution >= 0.6 is 0 Å². The first-order valence-corrected chi connectivity index (χ1v) is 5.24. The van der Waals surface area contributed by atoms with E-state index < -0.39 is 12.1 Å². The van der Waals surface area contributed by atoms with E-state index in [2.05, 4.69) is 0 Å². The number of carbonyl (C=O) groups excluding carboxylic acids is 2. The molecule has 5 nitrogen and oxygen atoms in total. The Balaban J connectivity index is 2.95. The molecule has 0 N–H and O–H groups in total. The van der Waals surface area contributed by atoms with Crippen molar-refractivity contribution in [1.82, 2.24) is 0 Å². The largest absolute Gasteiger partial charge is 0.449 e. The van der Waals surface area contributed by atoms with Gasteiger partial charge in [0.1, 0.15) is 0 Å².